The van der Waals surface area contributed by atoms with Crippen molar-refractivity contribution < 1.29 is 23.7 Å². The molecule has 4 aromatic rings. The minimum atomic E-state index is -0.185. The van der Waals surface area contributed by atoms with Crippen LogP contribution in [0.4, 0.5) is 5.82 Å². The number of nitrogens with zero attached hydrogens (tertiary/aromatic N) is 3. The molecule has 2 aromatic carbocycles. The molecule has 9 nitrogen and oxygen atoms in total. The molecule has 0 unspecified atom stereocenters. The number of nitrogens with one attached hydrogen (secondary N) is 1. The van der Waals surface area contributed by atoms with Gasteiger partial charge in [0.1, 0.15) is 5.82 Å². The summed E-state index contributed by atoms with van der Waals surface area (Å²) >= 11 is 1.42. The average molecular weight is 495 g/mol. The topological polar surface area (TPSA) is 96.7 Å². The van der Waals surface area contributed by atoms with Crippen LogP contribution < -0.4 is 24.3 Å². The highest BCUT2D eigenvalue weighted by atomic mass is 32.1. The first kappa shape index (κ1) is 24.1. The molecule has 0 fully saturated rings. The van der Waals surface area contributed by atoms with E-state index in [2.05, 4.69) is 10.4 Å². The first-order valence-electron chi connectivity index (χ1n) is 10.7. The lowest BCUT2D eigenvalue weighted by Crippen LogP contribution is -2.17. The average Bonchev–Trinajstić information content (AvgIpc) is 3.49. The second-order valence-corrected chi connectivity index (χ2v) is 8.42. The first-order chi connectivity index (χ1) is 16.9. The number of methoxy groups -OCH3 is 4. The molecular weight excluding hydrogens is 468 g/mol. The second-order valence-electron chi connectivity index (χ2n) is 7.58. The molecule has 0 atom stereocenters. The number of ether oxygens (including phenoxy) is 4. The number of benzene rings is 2. The van der Waals surface area contributed by atoms with Gasteiger partial charge in [-0.2, -0.15) is 9.78 Å². The Morgan fingerprint density at radius 1 is 0.914 bits per heavy atom. The molecule has 2 heterocycles. The Morgan fingerprint density at radius 2 is 1.57 bits per heavy atom. The van der Waals surface area contributed by atoms with Crippen LogP contribution in [0.1, 0.15) is 11.3 Å². The highest BCUT2D eigenvalue weighted by molar-refractivity contribution is 7.12. The fourth-order valence-electron chi connectivity index (χ4n) is 3.59. The Hall–Kier alpha value is -4.05. The number of hydrogen-bond donors (Lipinski definition) is 1. The Labute approximate surface area is 207 Å². The Bertz CT molecular complexity index is 1350. The maximum absolute atomic E-state index is 12.8. The smallest absolute Gasteiger partial charge is 0.229 e. The number of anilines is 1. The molecule has 1 N–H and O–H groups in total. The van der Waals surface area contributed by atoms with Crippen LogP contribution in [0, 0.1) is 6.92 Å². The fourth-order valence-corrected chi connectivity index (χ4v) is 4.38. The molecule has 0 aliphatic carbocycles. The van der Waals surface area contributed by atoms with Gasteiger partial charge in [-0.25, -0.2) is 4.98 Å². The summed E-state index contributed by atoms with van der Waals surface area (Å²) in [5.74, 6) is 2.81. The van der Waals surface area contributed by atoms with Gasteiger partial charge in [0, 0.05) is 17.0 Å². The van der Waals surface area contributed by atoms with Crippen molar-refractivity contribution in [1.82, 2.24) is 14.8 Å². The molecule has 4 rings (SSSR count). The zero-order chi connectivity index (χ0) is 24.9. The van der Waals surface area contributed by atoms with Crippen molar-refractivity contribution >= 4 is 23.1 Å². The number of carbonyl (C=O) groups excluding carboxylic acids is 1. The van der Waals surface area contributed by atoms with Gasteiger partial charge in [0.25, 0.3) is 0 Å². The van der Waals surface area contributed by atoms with Crippen molar-refractivity contribution in [1.29, 1.82) is 0 Å². The van der Waals surface area contributed by atoms with E-state index in [-0.39, 0.29) is 12.3 Å². The summed E-state index contributed by atoms with van der Waals surface area (Å²) in [5.41, 5.74) is 3.21. The van der Waals surface area contributed by atoms with Crippen LogP contribution in [-0.2, 0) is 11.2 Å². The summed E-state index contributed by atoms with van der Waals surface area (Å²) in [4.78, 5) is 17.5. The maximum Gasteiger partial charge on any atom is 0.229 e. The summed E-state index contributed by atoms with van der Waals surface area (Å²) in [6.07, 6.45) is 0.166. The first-order valence-corrected chi connectivity index (χ1v) is 11.6. The number of amides is 1. The van der Waals surface area contributed by atoms with Crippen LogP contribution in [0.3, 0.4) is 0 Å². The van der Waals surface area contributed by atoms with Crippen LogP contribution in [0.25, 0.3) is 16.4 Å². The third-order valence-electron chi connectivity index (χ3n) is 5.26. The van der Waals surface area contributed by atoms with Gasteiger partial charge in [0.2, 0.25) is 11.0 Å². The predicted molar refractivity (Wildman–Crippen MR) is 134 cm³/mol. The van der Waals surface area contributed by atoms with Crippen molar-refractivity contribution in [3.63, 3.8) is 0 Å². The molecular formula is C25H26N4O5S. The van der Waals surface area contributed by atoms with E-state index in [1.165, 1.54) is 11.3 Å². The summed E-state index contributed by atoms with van der Waals surface area (Å²) in [5, 5.41) is 10.0. The predicted octanol–water partition coefficient (Wildman–Crippen LogP) is 4.52. The SMILES string of the molecule is COc1ccc(CC(=O)Nc2cc(C)nn2-c2nc(-c3ccc(OC)c(OC)c3)cs2)cc1OC. The van der Waals surface area contributed by atoms with Gasteiger partial charge >= 0.3 is 0 Å². The summed E-state index contributed by atoms with van der Waals surface area (Å²) < 4.78 is 22.9. The third-order valence-corrected chi connectivity index (χ3v) is 6.08. The van der Waals surface area contributed by atoms with E-state index in [0.717, 1.165) is 22.5 Å². The number of carbonyl (C=O) groups is 1. The molecule has 0 spiro atoms. The monoisotopic (exact) mass is 494 g/mol. The number of rotatable bonds is 9. The number of hydrogen-bond acceptors (Lipinski definition) is 8. The van der Waals surface area contributed by atoms with Crippen molar-refractivity contribution in [2.24, 2.45) is 0 Å². The molecule has 0 radical (unpaired) electrons. The van der Waals surface area contributed by atoms with E-state index in [0.29, 0.717) is 33.9 Å². The van der Waals surface area contributed by atoms with E-state index in [1.807, 2.05) is 42.6 Å². The lowest BCUT2D eigenvalue weighted by atomic mass is 10.1. The van der Waals surface area contributed by atoms with Gasteiger partial charge in [0.15, 0.2) is 23.0 Å². The van der Waals surface area contributed by atoms with Crippen LogP contribution >= 0.6 is 11.3 Å². The molecule has 182 valence electrons. The second kappa shape index (κ2) is 10.5. The van der Waals surface area contributed by atoms with E-state index >= 15 is 0 Å². The van der Waals surface area contributed by atoms with Crippen molar-refractivity contribution in [2.45, 2.75) is 13.3 Å². The lowest BCUT2D eigenvalue weighted by molar-refractivity contribution is -0.115. The third kappa shape index (κ3) is 5.22. The number of thiazole rings is 1. The lowest BCUT2D eigenvalue weighted by Gasteiger charge is -2.10. The summed E-state index contributed by atoms with van der Waals surface area (Å²) in [6, 6.07) is 12.8. The minimum absolute atomic E-state index is 0.166. The quantitative estimate of drug-likeness (QED) is 0.365. The molecule has 35 heavy (non-hydrogen) atoms. The molecule has 0 aliphatic rings. The van der Waals surface area contributed by atoms with Gasteiger partial charge < -0.3 is 24.3 Å². The van der Waals surface area contributed by atoms with E-state index in [1.54, 1.807) is 45.3 Å². The standard InChI is InChI=1S/C25H26N4O5S/c1-15-10-23(27-24(30)12-16-6-8-19(31-2)21(11-16)33-4)29(28-15)25-26-18(14-35-25)17-7-9-20(32-3)22(13-17)34-5/h6-11,13-14H,12H2,1-5H3,(H,27,30). The largest absolute Gasteiger partial charge is 0.493 e. The van der Waals surface area contributed by atoms with Crippen LogP contribution in [-0.4, -0.2) is 49.1 Å². The molecule has 0 aliphatic heterocycles. The molecule has 2 aromatic heterocycles. The maximum atomic E-state index is 12.8. The zero-order valence-electron chi connectivity index (χ0n) is 20.1. The van der Waals surface area contributed by atoms with E-state index < -0.39 is 0 Å². The highest BCUT2D eigenvalue weighted by Gasteiger charge is 2.16. The van der Waals surface area contributed by atoms with E-state index in [9.17, 15) is 4.79 Å². The van der Waals surface area contributed by atoms with Gasteiger partial charge in [0.05, 0.1) is 46.2 Å². The fraction of sp³-hybridized carbons (Fsp3) is 0.240. The van der Waals surface area contributed by atoms with Crippen LogP contribution in [0.5, 0.6) is 23.0 Å². The van der Waals surface area contributed by atoms with Gasteiger partial charge in [-0.1, -0.05) is 6.07 Å². The van der Waals surface area contributed by atoms with E-state index in [4.69, 9.17) is 23.9 Å². The molecule has 1 amide bonds. The summed E-state index contributed by atoms with van der Waals surface area (Å²) in [7, 11) is 6.33. The molecule has 0 bridgehead atoms. The normalized spacial score (nSPS) is 10.7. The highest BCUT2D eigenvalue weighted by Crippen LogP contribution is 2.34. The molecule has 10 heteroatoms. The minimum Gasteiger partial charge on any atom is -0.493 e. The Balaban J connectivity index is 1.54. The molecule has 0 saturated heterocycles. The Morgan fingerprint density at radius 3 is 2.26 bits per heavy atom. The summed E-state index contributed by atoms with van der Waals surface area (Å²) in [6.45, 7) is 1.86. The van der Waals surface area contributed by atoms with Crippen molar-refractivity contribution in [3.8, 4) is 39.4 Å². The van der Waals surface area contributed by atoms with Crippen LogP contribution in [0.2, 0.25) is 0 Å². The van der Waals surface area contributed by atoms with Crippen molar-refractivity contribution in [3.05, 3.63) is 59.1 Å². The van der Waals surface area contributed by atoms with Gasteiger partial charge in [-0.15, -0.1) is 11.3 Å². The van der Waals surface area contributed by atoms with Gasteiger partial charge in [-0.05, 0) is 42.8 Å². The molecule has 0 saturated carbocycles. The number of aromatic nitrogens is 3. The van der Waals surface area contributed by atoms with Crippen LogP contribution in [0.15, 0.2) is 47.8 Å². The Kier molecular flexibility index (Phi) is 7.21. The zero-order valence-corrected chi connectivity index (χ0v) is 20.9. The number of aryl methyl sites for hydroxylation is 1. The van der Waals surface area contributed by atoms with Gasteiger partial charge in [-0.3, -0.25) is 4.79 Å². The van der Waals surface area contributed by atoms with Crippen molar-refractivity contribution in [2.75, 3.05) is 33.8 Å².